The summed E-state index contributed by atoms with van der Waals surface area (Å²) in [4.78, 5) is 12.8. The number of ether oxygens (including phenoxy) is 1. The lowest BCUT2D eigenvalue weighted by Crippen LogP contribution is -2.34. The number of hydrogen-bond acceptors (Lipinski definition) is 3. The first-order chi connectivity index (χ1) is 9.02. The topological polar surface area (TPSA) is 49.8 Å². The highest BCUT2D eigenvalue weighted by molar-refractivity contribution is 5.69. The van der Waals surface area contributed by atoms with Gasteiger partial charge in [-0.2, -0.15) is 0 Å². The summed E-state index contributed by atoms with van der Waals surface area (Å²) < 4.78 is 18.6. The number of halogens is 1. The maximum atomic E-state index is 13.7. The second-order valence-corrected chi connectivity index (χ2v) is 4.87. The molecule has 1 saturated carbocycles. The molecule has 104 valence electrons. The Balaban J connectivity index is 2.18. The van der Waals surface area contributed by atoms with Crippen molar-refractivity contribution in [3.8, 4) is 5.75 Å². The average Bonchev–Trinajstić information content (AvgIpc) is 3.19. The van der Waals surface area contributed by atoms with Crippen molar-refractivity contribution in [2.75, 3.05) is 13.7 Å². The summed E-state index contributed by atoms with van der Waals surface area (Å²) in [6.45, 7) is 1.89. The zero-order valence-corrected chi connectivity index (χ0v) is 11.1. The molecule has 19 heavy (non-hydrogen) atoms. The van der Waals surface area contributed by atoms with Gasteiger partial charge in [0, 0.05) is 12.1 Å². The van der Waals surface area contributed by atoms with E-state index in [0.29, 0.717) is 6.04 Å². The van der Waals surface area contributed by atoms with E-state index in [4.69, 9.17) is 9.84 Å². The fourth-order valence-corrected chi connectivity index (χ4v) is 2.28. The van der Waals surface area contributed by atoms with Gasteiger partial charge in [0.25, 0.3) is 0 Å². The standard InChI is InChI=1S/C14H18FNO3/c1-9(16(8-14(17)18)11-4-5-11)10-3-6-13(19-2)12(15)7-10/h3,6-7,9,11H,4-5,8H2,1-2H3,(H,17,18). The van der Waals surface area contributed by atoms with Gasteiger partial charge in [0.1, 0.15) is 0 Å². The zero-order chi connectivity index (χ0) is 14.0. The highest BCUT2D eigenvalue weighted by Gasteiger charge is 2.34. The number of benzene rings is 1. The van der Waals surface area contributed by atoms with Crippen LogP contribution < -0.4 is 4.74 Å². The van der Waals surface area contributed by atoms with Crippen LogP contribution in [0.5, 0.6) is 5.75 Å². The molecule has 1 fully saturated rings. The van der Waals surface area contributed by atoms with Gasteiger partial charge in [0.05, 0.1) is 13.7 Å². The van der Waals surface area contributed by atoms with E-state index in [1.54, 1.807) is 12.1 Å². The normalized spacial score (nSPS) is 16.4. The van der Waals surface area contributed by atoms with E-state index in [0.717, 1.165) is 18.4 Å². The second kappa shape index (κ2) is 5.57. The molecule has 1 unspecified atom stereocenters. The molecule has 1 aliphatic rings. The Hall–Kier alpha value is -1.62. The molecule has 4 nitrogen and oxygen atoms in total. The third-order valence-electron chi connectivity index (χ3n) is 3.49. The summed E-state index contributed by atoms with van der Waals surface area (Å²) in [7, 11) is 1.42. The fourth-order valence-electron chi connectivity index (χ4n) is 2.28. The molecule has 5 heteroatoms. The maximum Gasteiger partial charge on any atom is 0.317 e. The predicted molar refractivity (Wildman–Crippen MR) is 68.7 cm³/mol. The van der Waals surface area contributed by atoms with E-state index in [1.165, 1.54) is 13.2 Å². The number of rotatable bonds is 6. The molecule has 0 amide bonds. The lowest BCUT2D eigenvalue weighted by molar-refractivity contribution is -0.139. The molecule has 1 aromatic carbocycles. The van der Waals surface area contributed by atoms with Crippen LogP contribution >= 0.6 is 0 Å². The number of carboxylic acid groups (broad SMARTS) is 1. The first-order valence-electron chi connectivity index (χ1n) is 6.34. The van der Waals surface area contributed by atoms with Gasteiger partial charge in [-0.15, -0.1) is 0 Å². The van der Waals surface area contributed by atoms with Crippen molar-refractivity contribution < 1.29 is 19.0 Å². The van der Waals surface area contributed by atoms with Crippen molar-refractivity contribution in [2.24, 2.45) is 0 Å². The summed E-state index contributed by atoms with van der Waals surface area (Å²) >= 11 is 0. The van der Waals surface area contributed by atoms with Crippen molar-refractivity contribution in [3.63, 3.8) is 0 Å². The van der Waals surface area contributed by atoms with E-state index in [2.05, 4.69) is 0 Å². The van der Waals surface area contributed by atoms with Gasteiger partial charge in [0.15, 0.2) is 11.6 Å². The molecule has 1 atom stereocenters. The van der Waals surface area contributed by atoms with Crippen LogP contribution in [0.2, 0.25) is 0 Å². The van der Waals surface area contributed by atoms with Gasteiger partial charge >= 0.3 is 5.97 Å². The fraction of sp³-hybridized carbons (Fsp3) is 0.500. The Morgan fingerprint density at radius 1 is 1.58 bits per heavy atom. The largest absolute Gasteiger partial charge is 0.494 e. The van der Waals surface area contributed by atoms with E-state index in [-0.39, 0.29) is 18.3 Å². The highest BCUT2D eigenvalue weighted by Crippen LogP contribution is 2.34. The first kappa shape index (κ1) is 13.8. The van der Waals surface area contributed by atoms with Crippen LogP contribution in [0.1, 0.15) is 31.4 Å². The van der Waals surface area contributed by atoms with Crippen LogP contribution in [0.3, 0.4) is 0 Å². The molecule has 1 aromatic rings. The summed E-state index contributed by atoms with van der Waals surface area (Å²) in [5.41, 5.74) is 0.770. The van der Waals surface area contributed by atoms with Gasteiger partial charge in [-0.3, -0.25) is 9.69 Å². The van der Waals surface area contributed by atoms with Crippen molar-refractivity contribution in [2.45, 2.75) is 31.8 Å². The molecule has 0 aliphatic heterocycles. The number of aliphatic carboxylic acids is 1. The molecule has 0 saturated heterocycles. The van der Waals surface area contributed by atoms with Crippen molar-refractivity contribution in [1.29, 1.82) is 0 Å². The van der Waals surface area contributed by atoms with E-state index in [9.17, 15) is 9.18 Å². The zero-order valence-electron chi connectivity index (χ0n) is 11.1. The smallest absolute Gasteiger partial charge is 0.317 e. The van der Waals surface area contributed by atoms with E-state index < -0.39 is 11.8 Å². The number of methoxy groups -OCH3 is 1. The second-order valence-electron chi connectivity index (χ2n) is 4.87. The Labute approximate surface area is 111 Å². The van der Waals surface area contributed by atoms with Gasteiger partial charge in [-0.1, -0.05) is 6.07 Å². The highest BCUT2D eigenvalue weighted by atomic mass is 19.1. The molecule has 0 aromatic heterocycles. The predicted octanol–water partition coefficient (Wildman–Crippen LogP) is 2.44. The lowest BCUT2D eigenvalue weighted by atomic mass is 10.1. The van der Waals surface area contributed by atoms with Crippen LogP contribution in [-0.2, 0) is 4.79 Å². The third kappa shape index (κ3) is 3.23. The van der Waals surface area contributed by atoms with Crippen molar-refractivity contribution >= 4 is 5.97 Å². The molecule has 1 aliphatic carbocycles. The summed E-state index contributed by atoms with van der Waals surface area (Å²) in [6.07, 6.45) is 2.02. The van der Waals surface area contributed by atoms with Crippen LogP contribution in [0, 0.1) is 5.82 Å². The molecule has 2 rings (SSSR count). The van der Waals surface area contributed by atoms with Crippen LogP contribution in [-0.4, -0.2) is 35.7 Å². The monoisotopic (exact) mass is 267 g/mol. The Bertz CT molecular complexity index is 474. The van der Waals surface area contributed by atoms with Crippen LogP contribution in [0.15, 0.2) is 18.2 Å². The number of nitrogens with zero attached hydrogens (tertiary/aromatic N) is 1. The summed E-state index contributed by atoms with van der Waals surface area (Å²) in [6, 6.07) is 4.96. The SMILES string of the molecule is COc1ccc(C(C)N(CC(=O)O)C2CC2)cc1F. The molecule has 1 N–H and O–H groups in total. The van der Waals surface area contributed by atoms with E-state index >= 15 is 0 Å². The summed E-state index contributed by atoms with van der Waals surface area (Å²) in [5, 5.41) is 8.96. The van der Waals surface area contributed by atoms with E-state index in [1.807, 2.05) is 11.8 Å². The third-order valence-corrected chi connectivity index (χ3v) is 3.49. The Morgan fingerprint density at radius 2 is 2.26 bits per heavy atom. The van der Waals surface area contributed by atoms with Gasteiger partial charge < -0.3 is 9.84 Å². The molecule has 0 radical (unpaired) electrons. The minimum atomic E-state index is -0.854. The Kier molecular flexibility index (Phi) is 4.04. The van der Waals surface area contributed by atoms with Gasteiger partial charge in [-0.05, 0) is 37.5 Å². The molecular weight excluding hydrogens is 249 g/mol. The first-order valence-corrected chi connectivity index (χ1v) is 6.34. The number of carbonyl (C=O) groups is 1. The minimum absolute atomic E-state index is 0.0144. The molecular formula is C14H18FNO3. The average molecular weight is 267 g/mol. The summed E-state index contributed by atoms with van der Waals surface area (Å²) in [5.74, 6) is -1.07. The van der Waals surface area contributed by atoms with Gasteiger partial charge in [0.2, 0.25) is 0 Å². The van der Waals surface area contributed by atoms with Crippen LogP contribution in [0.4, 0.5) is 4.39 Å². The van der Waals surface area contributed by atoms with Crippen molar-refractivity contribution in [3.05, 3.63) is 29.6 Å². The quantitative estimate of drug-likeness (QED) is 0.860. The number of hydrogen-bond donors (Lipinski definition) is 1. The minimum Gasteiger partial charge on any atom is -0.494 e. The Morgan fingerprint density at radius 3 is 2.74 bits per heavy atom. The van der Waals surface area contributed by atoms with Gasteiger partial charge in [-0.25, -0.2) is 4.39 Å². The lowest BCUT2D eigenvalue weighted by Gasteiger charge is -2.28. The molecule has 0 bridgehead atoms. The van der Waals surface area contributed by atoms with Crippen LogP contribution in [0.25, 0.3) is 0 Å². The maximum absolute atomic E-state index is 13.7. The number of carboxylic acids is 1. The molecule has 0 spiro atoms. The molecule has 0 heterocycles. The van der Waals surface area contributed by atoms with Crippen molar-refractivity contribution in [1.82, 2.24) is 4.90 Å².